The summed E-state index contributed by atoms with van der Waals surface area (Å²) >= 11 is 2.33. The molecule has 0 aromatic heterocycles. The lowest BCUT2D eigenvalue weighted by atomic mass is 9.83. The van der Waals surface area contributed by atoms with Crippen LogP contribution in [0.15, 0.2) is 24.3 Å². The molecule has 1 aliphatic heterocycles. The van der Waals surface area contributed by atoms with Crippen LogP contribution in [0.3, 0.4) is 0 Å². The lowest BCUT2D eigenvalue weighted by Gasteiger charge is -2.38. The minimum atomic E-state index is -0.530. The Morgan fingerprint density at radius 2 is 1.71 bits per heavy atom. The molecule has 0 aliphatic carbocycles. The van der Waals surface area contributed by atoms with Crippen molar-refractivity contribution in [3.05, 3.63) is 27.8 Å². The lowest BCUT2D eigenvalue weighted by Crippen LogP contribution is -2.41. The van der Waals surface area contributed by atoms with Crippen molar-refractivity contribution in [3.8, 4) is 0 Å². The van der Waals surface area contributed by atoms with Gasteiger partial charge in [0.05, 0.1) is 5.60 Å². The zero-order valence-electron chi connectivity index (χ0n) is 10.5. The van der Waals surface area contributed by atoms with E-state index in [4.69, 9.17) is 0 Å². The summed E-state index contributed by atoms with van der Waals surface area (Å²) in [4.78, 5) is 2.42. The van der Waals surface area contributed by atoms with E-state index in [0.29, 0.717) is 5.92 Å². The molecule has 0 atom stereocenters. The summed E-state index contributed by atoms with van der Waals surface area (Å²) in [6.07, 6.45) is 2.16. The van der Waals surface area contributed by atoms with Gasteiger partial charge in [-0.2, -0.15) is 0 Å². The summed E-state index contributed by atoms with van der Waals surface area (Å²) in [5.41, 5.74) is 0.776. The van der Waals surface area contributed by atoms with Crippen LogP contribution in [0.1, 0.15) is 26.7 Å². The number of nitrogens with zero attached hydrogens (tertiary/aromatic N) is 1. The van der Waals surface area contributed by atoms with Gasteiger partial charge in [0.1, 0.15) is 0 Å². The first-order valence-electron chi connectivity index (χ1n) is 6.20. The molecule has 3 heteroatoms. The van der Waals surface area contributed by atoms with E-state index in [1.807, 2.05) is 13.8 Å². The largest absolute Gasteiger partial charge is 0.390 e. The third-order valence-electron chi connectivity index (χ3n) is 3.69. The van der Waals surface area contributed by atoms with Gasteiger partial charge in [-0.15, -0.1) is 0 Å². The number of rotatable bonds is 2. The molecule has 0 saturated carbocycles. The van der Waals surface area contributed by atoms with Gasteiger partial charge in [0.15, 0.2) is 0 Å². The van der Waals surface area contributed by atoms with Crippen LogP contribution in [0.2, 0.25) is 0 Å². The molecule has 1 saturated heterocycles. The molecule has 1 heterocycles. The molecule has 0 radical (unpaired) electrons. The Morgan fingerprint density at radius 1 is 1.18 bits per heavy atom. The maximum atomic E-state index is 10.0. The van der Waals surface area contributed by atoms with Gasteiger partial charge in [-0.05, 0) is 79.5 Å². The highest BCUT2D eigenvalue weighted by Gasteiger charge is 2.30. The summed E-state index contributed by atoms with van der Waals surface area (Å²) in [6.45, 7) is 5.96. The number of benzene rings is 1. The predicted octanol–water partition coefficient (Wildman–Crippen LogP) is 3.28. The molecule has 0 unspecified atom stereocenters. The van der Waals surface area contributed by atoms with Crippen molar-refractivity contribution in [2.45, 2.75) is 32.3 Å². The third-order valence-corrected chi connectivity index (χ3v) is 4.40. The van der Waals surface area contributed by atoms with Gasteiger partial charge < -0.3 is 10.0 Å². The Kier molecular flexibility index (Phi) is 3.98. The van der Waals surface area contributed by atoms with Crippen molar-refractivity contribution in [3.63, 3.8) is 0 Å². The number of aliphatic hydroxyl groups is 1. The molecule has 17 heavy (non-hydrogen) atoms. The number of anilines is 1. The molecule has 1 N–H and O–H groups in total. The van der Waals surface area contributed by atoms with E-state index in [1.54, 1.807) is 0 Å². The van der Waals surface area contributed by atoms with Crippen LogP contribution < -0.4 is 4.90 Å². The van der Waals surface area contributed by atoms with Gasteiger partial charge >= 0.3 is 0 Å². The highest BCUT2D eigenvalue weighted by atomic mass is 127. The first kappa shape index (κ1) is 13.1. The van der Waals surface area contributed by atoms with Crippen molar-refractivity contribution < 1.29 is 5.11 Å². The Morgan fingerprint density at radius 3 is 2.18 bits per heavy atom. The fourth-order valence-electron chi connectivity index (χ4n) is 2.50. The third kappa shape index (κ3) is 3.35. The second kappa shape index (κ2) is 5.14. The Bertz CT molecular complexity index is 361. The molecular weight excluding hydrogens is 325 g/mol. The molecular formula is C14H20INO. The zero-order chi connectivity index (χ0) is 12.5. The average molecular weight is 345 g/mol. The van der Waals surface area contributed by atoms with E-state index in [0.717, 1.165) is 25.9 Å². The number of piperidine rings is 1. The van der Waals surface area contributed by atoms with E-state index in [-0.39, 0.29) is 0 Å². The minimum Gasteiger partial charge on any atom is -0.390 e. The quantitative estimate of drug-likeness (QED) is 0.832. The van der Waals surface area contributed by atoms with E-state index < -0.39 is 5.60 Å². The molecule has 0 bridgehead atoms. The van der Waals surface area contributed by atoms with Crippen LogP contribution in [0.4, 0.5) is 5.69 Å². The maximum Gasteiger partial charge on any atom is 0.0621 e. The fraction of sp³-hybridized carbons (Fsp3) is 0.571. The van der Waals surface area contributed by atoms with Crippen LogP contribution in [0, 0.1) is 9.49 Å². The number of hydrogen-bond donors (Lipinski definition) is 1. The summed E-state index contributed by atoms with van der Waals surface area (Å²) in [6, 6.07) is 8.67. The Hall–Kier alpha value is -0.290. The van der Waals surface area contributed by atoms with E-state index in [1.165, 1.54) is 9.26 Å². The normalized spacial score (nSPS) is 18.5. The van der Waals surface area contributed by atoms with Crippen LogP contribution >= 0.6 is 22.6 Å². The molecule has 2 nitrogen and oxygen atoms in total. The Labute approximate surface area is 117 Å². The summed E-state index contributed by atoms with van der Waals surface area (Å²) in [5.74, 6) is 0.433. The molecule has 0 amide bonds. The maximum absolute atomic E-state index is 10.0. The van der Waals surface area contributed by atoms with Crippen LogP contribution in [-0.4, -0.2) is 23.8 Å². The first-order chi connectivity index (χ1) is 7.97. The van der Waals surface area contributed by atoms with Crippen molar-refractivity contribution in [2.75, 3.05) is 18.0 Å². The lowest BCUT2D eigenvalue weighted by molar-refractivity contribution is 0.00652. The van der Waals surface area contributed by atoms with Gasteiger partial charge in [0, 0.05) is 22.3 Å². The standard InChI is InChI=1S/C14H20INO/c1-14(2,17)11-7-9-16(10-8-11)13-5-3-12(15)4-6-13/h3-6,11,17H,7-10H2,1-2H3. The smallest absolute Gasteiger partial charge is 0.0621 e. The second-order valence-corrected chi connectivity index (χ2v) is 6.64. The highest BCUT2D eigenvalue weighted by molar-refractivity contribution is 14.1. The van der Waals surface area contributed by atoms with Crippen LogP contribution in [0.5, 0.6) is 0 Å². The number of hydrogen-bond acceptors (Lipinski definition) is 2. The molecule has 94 valence electrons. The van der Waals surface area contributed by atoms with E-state index in [9.17, 15) is 5.11 Å². The van der Waals surface area contributed by atoms with Gasteiger partial charge in [-0.25, -0.2) is 0 Å². The van der Waals surface area contributed by atoms with Crippen molar-refractivity contribution in [1.29, 1.82) is 0 Å². The molecule has 1 aromatic rings. The number of halogens is 1. The second-order valence-electron chi connectivity index (χ2n) is 5.39. The molecule has 1 aromatic carbocycles. The predicted molar refractivity (Wildman–Crippen MR) is 80.4 cm³/mol. The van der Waals surface area contributed by atoms with Gasteiger partial charge in [-0.1, -0.05) is 0 Å². The molecule has 2 rings (SSSR count). The molecule has 1 aliphatic rings. The van der Waals surface area contributed by atoms with Gasteiger partial charge in [0.2, 0.25) is 0 Å². The van der Waals surface area contributed by atoms with Crippen molar-refractivity contribution in [2.24, 2.45) is 5.92 Å². The fourth-order valence-corrected chi connectivity index (χ4v) is 2.86. The van der Waals surface area contributed by atoms with Crippen molar-refractivity contribution in [1.82, 2.24) is 0 Å². The van der Waals surface area contributed by atoms with Crippen molar-refractivity contribution >= 4 is 28.3 Å². The van der Waals surface area contributed by atoms with E-state index >= 15 is 0 Å². The summed E-state index contributed by atoms with van der Waals surface area (Å²) < 4.78 is 1.28. The zero-order valence-corrected chi connectivity index (χ0v) is 12.6. The SMILES string of the molecule is CC(C)(O)C1CCN(c2ccc(I)cc2)CC1. The average Bonchev–Trinajstić information content (AvgIpc) is 2.29. The van der Waals surface area contributed by atoms with E-state index in [2.05, 4.69) is 51.8 Å². The molecule has 0 spiro atoms. The van der Waals surface area contributed by atoms with Gasteiger partial charge in [0.25, 0.3) is 0 Å². The summed E-state index contributed by atoms with van der Waals surface area (Å²) in [7, 11) is 0. The Balaban J connectivity index is 1.97. The topological polar surface area (TPSA) is 23.5 Å². The first-order valence-corrected chi connectivity index (χ1v) is 7.27. The van der Waals surface area contributed by atoms with Gasteiger partial charge in [-0.3, -0.25) is 0 Å². The summed E-state index contributed by atoms with van der Waals surface area (Å²) in [5, 5.41) is 10.0. The minimum absolute atomic E-state index is 0.433. The van der Waals surface area contributed by atoms with Crippen LogP contribution in [0.25, 0.3) is 0 Å². The monoisotopic (exact) mass is 345 g/mol. The van der Waals surface area contributed by atoms with Crippen LogP contribution in [-0.2, 0) is 0 Å². The molecule has 1 fully saturated rings. The highest BCUT2D eigenvalue weighted by Crippen LogP contribution is 2.30.